The molecule has 0 radical (unpaired) electrons. The summed E-state index contributed by atoms with van der Waals surface area (Å²) in [5, 5.41) is 12.7. The number of hydrogen-bond acceptors (Lipinski definition) is 6. The zero-order chi connectivity index (χ0) is 14.5. The summed E-state index contributed by atoms with van der Waals surface area (Å²) in [7, 11) is 0. The third kappa shape index (κ3) is 3.33. The van der Waals surface area contributed by atoms with Crippen LogP contribution in [0.15, 0.2) is 12.3 Å². The van der Waals surface area contributed by atoms with Gasteiger partial charge in [-0.05, 0) is 25.0 Å². The van der Waals surface area contributed by atoms with E-state index in [9.17, 15) is 5.11 Å². The Morgan fingerprint density at radius 3 is 2.90 bits per heavy atom. The second-order valence-electron chi connectivity index (χ2n) is 4.98. The van der Waals surface area contributed by atoms with E-state index >= 15 is 0 Å². The maximum atomic E-state index is 9.44. The highest BCUT2D eigenvalue weighted by atomic mass is 16.3. The molecule has 0 saturated heterocycles. The number of nitrogen functional groups attached to an aromatic ring is 1. The van der Waals surface area contributed by atoms with Crippen LogP contribution in [0.25, 0.3) is 11.0 Å². The Morgan fingerprint density at radius 2 is 2.20 bits per heavy atom. The quantitative estimate of drug-likeness (QED) is 0.744. The molecule has 2 heterocycles. The zero-order valence-corrected chi connectivity index (χ0v) is 11.9. The molecule has 1 atom stereocenters. The summed E-state index contributed by atoms with van der Waals surface area (Å²) >= 11 is 0. The van der Waals surface area contributed by atoms with Crippen LogP contribution in [0.1, 0.15) is 31.7 Å². The van der Waals surface area contributed by atoms with E-state index in [2.05, 4.69) is 27.2 Å². The van der Waals surface area contributed by atoms with Gasteiger partial charge in [-0.1, -0.05) is 19.8 Å². The molecule has 0 saturated carbocycles. The Balaban J connectivity index is 2.32. The van der Waals surface area contributed by atoms with E-state index in [-0.39, 0.29) is 18.6 Å². The summed E-state index contributed by atoms with van der Waals surface area (Å²) in [5.41, 5.74) is 8.15. The van der Waals surface area contributed by atoms with Crippen LogP contribution < -0.4 is 11.1 Å². The number of aliphatic hydroxyl groups excluding tert-OH is 1. The number of hydrogen-bond donors (Lipinski definition) is 3. The second-order valence-corrected chi connectivity index (χ2v) is 4.98. The van der Waals surface area contributed by atoms with Gasteiger partial charge in [0.2, 0.25) is 5.95 Å². The molecule has 0 aliphatic carbocycles. The monoisotopic (exact) mass is 275 g/mol. The highest BCUT2D eigenvalue weighted by molar-refractivity contribution is 5.86. The van der Waals surface area contributed by atoms with Gasteiger partial charge in [-0.15, -0.1) is 0 Å². The van der Waals surface area contributed by atoms with Crippen LogP contribution in [0.5, 0.6) is 0 Å². The van der Waals surface area contributed by atoms with E-state index in [0.717, 1.165) is 24.8 Å². The van der Waals surface area contributed by atoms with Crippen molar-refractivity contribution in [2.45, 2.75) is 39.2 Å². The largest absolute Gasteiger partial charge is 0.394 e. The van der Waals surface area contributed by atoms with Gasteiger partial charge in [0.15, 0.2) is 5.82 Å². The first kappa shape index (κ1) is 14.5. The number of nitrogens with zero attached hydrogens (tertiary/aromatic N) is 3. The maximum absolute atomic E-state index is 9.44. The number of aryl methyl sites for hydroxylation is 1. The van der Waals surface area contributed by atoms with E-state index in [4.69, 9.17) is 5.73 Å². The third-order valence-electron chi connectivity index (χ3n) is 3.16. The highest BCUT2D eigenvalue weighted by Crippen LogP contribution is 2.21. The van der Waals surface area contributed by atoms with Crippen molar-refractivity contribution in [3.05, 3.63) is 17.8 Å². The molecule has 0 aromatic carbocycles. The van der Waals surface area contributed by atoms with E-state index < -0.39 is 0 Å². The third-order valence-corrected chi connectivity index (χ3v) is 3.16. The average molecular weight is 275 g/mol. The molecule has 2 aromatic heterocycles. The smallest absolute Gasteiger partial charge is 0.222 e. The molecule has 6 heteroatoms. The molecule has 0 bridgehead atoms. The standard InChI is InChI=1S/C14H21N5O/c1-3-4-5-10(8-20)17-13-12-11(18-14(15)19-13)6-9(2)7-16-12/h6-7,10,20H,3-5,8H2,1-2H3,(H3,15,17,18,19). The van der Waals surface area contributed by atoms with Gasteiger partial charge in [0.1, 0.15) is 5.52 Å². The van der Waals surface area contributed by atoms with Crippen molar-refractivity contribution in [3.63, 3.8) is 0 Å². The molecule has 0 aliphatic heterocycles. The summed E-state index contributed by atoms with van der Waals surface area (Å²) in [6.45, 7) is 4.13. The molecule has 0 aliphatic rings. The Morgan fingerprint density at radius 1 is 1.40 bits per heavy atom. The first-order valence-corrected chi connectivity index (χ1v) is 6.91. The number of nitrogens with two attached hydrogens (primary N) is 1. The predicted octanol–water partition coefficient (Wildman–Crippen LogP) is 1.88. The molecular formula is C14H21N5O. The summed E-state index contributed by atoms with van der Waals surface area (Å²) in [5.74, 6) is 0.794. The SMILES string of the molecule is CCCCC(CO)Nc1nc(N)nc2cc(C)cnc12. The van der Waals surface area contributed by atoms with Crippen molar-refractivity contribution in [1.82, 2.24) is 15.0 Å². The zero-order valence-electron chi connectivity index (χ0n) is 11.9. The summed E-state index contributed by atoms with van der Waals surface area (Å²) in [6.07, 6.45) is 4.78. The lowest BCUT2D eigenvalue weighted by molar-refractivity contribution is 0.267. The van der Waals surface area contributed by atoms with E-state index in [1.54, 1.807) is 6.20 Å². The number of aromatic nitrogens is 3. The van der Waals surface area contributed by atoms with Gasteiger partial charge in [0.25, 0.3) is 0 Å². The molecular weight excluding hydrogens is 254 g/mol. The summed E-state index contributed by atoms with van der Waals surface area (Å²) in [4.78, 5) is 12.8. The fourth-order valence-corrected chi connectivity index (χ4v) is 2.09. The van der Waals surface area contributed by atoms with Crippen molar-refractivity contribution < 1.29 is 5.11 Å². The first-order chi connectivity index (χ1) is 9.63. The maximum Gasteiger partial charge on any atom is 0.222 e. The molecule has 0 spiro atoms. The van der Waals surface area contributed by atoms with Gasteiger partial charge in [-0.25, -0.2) is 4.98 Å². The lowest BCUT2D eigenvalue weighted by Gasteiger charge is -2.17. The number of pyridine rings is 1. The van der Waals surface area contributed by atoms with Crippen molar-refractivity contribution in [1.29, 1.82) is 0 Å². The molecule has 20 heavy (non-hydrogen) atoms. The highest BCUT2D eigenvalue weighted by Gasteiger charge is 2.12. The molecule has 2 rings (SSSR count). The van der Waals surface area contributed by atoms with Gasteiger partial charge in [-0.2, -0.15) is 4.98 Å². The van der Waals surface area contributed by atoms with Crippen molar-refractivity contribution in [2.24, 2.45) is 0 Å². The Bertz CT molecular complexity index is 582. The fraction of sp³-hybridized carbons (Fsp3) is 0.500. The van der Waals surface area contributed by atoms with Crippen LogP contribution in [0, 0.1) is 6.92 Å². The van der Waals surface area contributed by atoms with Crippen LogP contribution in [-0.4, -0.2) is 32.7 Å². The van der Waals surface area contributed by atoms with Crippen LogP contribution in [0.3, 0.4) is 0 Å². The van der Waals surface area contributed by atoms with Crippen molar-refractivity contribution in [3.8, 4) is 0 Å². The van der Waals surface area contributed by atoms with Crippen LogP contribution in [-0.2, 0) is 0 Å². The predicted molar refractivity (Wildman–Crippen MR) is 80.5 cm³/mol. The van der Waals surface area contributed by atoms with Gasteiger partial charge in [-0.3, -0.25) is 4.98 Å². The first-order valence-electron chi connectivity index (χ1n) is 6.91. The molecule has 6 nitrogen and oxygen atoms in total. The number of rotatable bonds is 6. The second kappa shape index (κ2) is 6.47. The van der Waals surface area contributed by atoms with E-state index in [1.807, 2.05) is 13.0 Å². The Kier molecular flexibility index (Phi) is 4.68. The topological polar surface area (TPSA) is 97.0 Å². The van der Waals surface area contributed by atoms with Crippen molar-refractivity contribution >= 4 is 22.8 Å². The lowest BCUT2D eigenvalue weighted by Crippen LogP contribution is -2.24. The summed E-state index contributed by atoms with van der Waals surface area (Å²) < 4.78 is 0. The normalized spacial score (nSPS) is 12.6. The molecule has 0 amide bonds. The Hall–Kier alpha value is -1.95. The number of aliphatic hydroxyl groups is 1. The van der Waals surface area contributed by atoms with Gasteiger partial charge in [0, 0.05) is 6.20 Å². The number of fused-ring (bicyclic) bond motifs is 1. The number of unbranched alkanes of at least 4 members (excludes halogenated alkanes) is 1. The molecule has 1 unspecified atom stereocenters. The fourth-order valence-electron chi connectivity index (χ4n) is 2.09. The lowest BCUT2D eigenvalue weighted by atomic mass is 10.1. The molecule has 2 aromatic rings. The van der Waals surface area contributed by atoms with Crippen LogP contribution in [0.4, 0.5) is 11.8 Å². The van der Waals surface area contributed by atoms with Crippen molar-refractivity contribution in [2.75, 3.05) is 17.7 Å². The van der Waals surface area contributed by atoms with Crippen LogP contribution in [0.2, 0.25) is 0 Å². The van der Waals surface area contributed by atoms with E-state index in [0.29, 0.717) is 16.9 Å². The number of nitrogens with one attached hydrogen (secondary N) is 1. The average Bonchev–Trinajstić information content (AvgIpc) is 2.42. The Labute approximate surface area is 118 Å². The molecule has 0 fully saturated rings. The summed E-state index contributed by atoms with van der Waals surface area (Å²) in [6, 6.07) is 1.88. The van der Waals surface area contributed by atoms with Crippen LogP contribution >= 0.6 is 0 Å². The molecule has 4 N–H and O–H groups in total. The van der Waals surface area contributed by atoms with Gasteiger partial charge >= 0.3 is 0 Å². The van der Waals surface area contributed by atoms with Gasteiger partial charge < -0.3 is 16.2 Å². The van der Waals surface area contributed by atoms with Gasteiger partial charge in [0.05, 0.1) is 18.2 Å². The minimum absolute atomic E-state index is 0.0458. The molecule has 108 valence electrons. The minimum atomic E-state index is -0.0458. The van der Waals surface area contributed by atoms with E-state index in [1.165, 1.54) is 0 Å². The minimum Gasteiger partial charge on any atom is -0.394 e. The number of anilines is 2.